The Morgan fingerprint density at radius 1 is 1.53 bits per heavy atom. The van der Waals surface area contributed by atoms with E-state index in [4.69, 9.17) is 5.11 Å². The van der Waals surface area contributed by atoms with Gasteiger partial charge in [-0.15, -0.1) is 0 Å². The topological polar surface area (TPSA) is 77.9 Å². The Hall–Kier alpha value is -1.59. The zero-order valence-corrected chi connectivity index (χ0v) is 10.2. The van der Waals surface area contributed by atoms with Crippen molar-refractivity contribution >= 4 is 17.8 Å². The van der Waals surface area contributed by atoms with Gasteiger partial charge in [0, 0.05) is 19.9 Å². The van der Waals surface area contributed by atoms with Gasteiger partial charge in [-0.1, -0.05) is 6.92 Å². The minimum atomic E-state index is -1.03. The Kier molecular flexibility index (Phi) is 4.48. The van der Waals surface area contributed by atoms with Gasteiger partial charge in [0.25, 0.3) is 0 Å². The highest BCUT2D eigenvalue weighted by Gasteiger charge is 2.30. The lowest BCUT2D eigenvalue weighted by Crippen LogP contribution is -2.49. The number of hydrogen-bond acceptors (Lipinski definition) is 3. The van der Waals surface area contributed by atoms with Gasteiger partial charge in [-0.2, -0.15) is 0 Å². The summed E-state index contributed by atoms with van der Waals surface area (Å²) in [5.41, 5.74) is 0. The minimum absolute atomic E-state index is 0.0171. The molecule has 0 aromatic carbocycles. The summed E-state index contributed by atoms with van der Waals surface area (Å²) in [4.78, 5) is 36.7. The molecule has 6 nitrogen and oxygen atoms in total. The molecule has 0 saturated carbocycles. The lowest BCUT2D eigenvalue weighted by atomic mass is 10.2. The molecular weight excluding hydrogens is 224 g/mol. The molecule has 2 amide bonds. The van der Waals surface area contributed by atoms with Gasteiger partial charge in [0.1, 0.15) is 6.04 Å². The van der Waals surface area contributed by atoms with Crippen molar-refractivity contribution in [1.29, 1.82) is 0 Å². The van der Waals surface area contributed by atoms with E-state index in [2.05, 4.69) is 0 Å². The van der Waals surface area contributed by atoms with Crippen LogP contribution in [0.2, 0.25) is 0 Å². The standard InChI is InChI=1S/C11H18N2O4/c1-3-9(11(16)17)13(8(2)14)7-12-6-4-5-10(12)15/h9H,3-7H2,1-2H3,(H,16,17). The second-order valence-corrected chi connectivity index (χ2v) is 4.15. The molecule has 0 aromatic heterocycles. The highest BCUT2D eigenvalue weighted by molar-refractivity contribution is 5.83. The van der Waals surface area contributed by atoms with E-state index >= 15 is 0 Å². The van der Waals surface area contributed by atoms with Gasteiger partial charge in [0.05, 0.1) is 6.67 Å². The first-order valence-corrected chi connectivity index (χ1v) is 5.75. The average molecular weight is 242 g/mol. The lowest BCUT2D eigenvalue weighted by molar-refractivity contribution is -0.153. The molecule has 1 rings (SSSR count). The third kappa shape index (κ3) is 3.18. The smallest absolute Gasteiger partial charge is 0.326 e. The second kappa shape index (κ2) is 5.65. The van der Waals surface area contributed by atoms with E-state index in [1.54, 1.807) is 6.92 Å². The summed E-state index contributed by atoms with van der Waals surface area (Å²) in [7, 11) is 0. The van der Waals surface area contributed by atoms with Crippen LogP contribution in [0.1, 0.15) is 33.1 Å². The molecule has 96 valence electrons. The van der Waals surface area contributed by atoms with Gasteiger partial charge in [-0.05, 0) is 12.8 Å². The lowest BCUT2D eigenvalue weighted by Gasteiger charge is -2.31. The normalized spacial score (nSPS) is 17.1. The predicted octanol–water partition coefficient (Wildman–Crippen LogP) is 0.278. The molecule has 1 N–H and O–H groups in total. The molecule has 0 aromatic rings. The highest BCUT2D eigenvalue weighted by Crippen LogP contribution is 2.13. The van der Waals surface area contributed by atoms with Crippen molar-refractivity contribution in [2.24, 2.45) is 0 Å². The number of amides is 2. The fourth-order valence-electron chi connectivity index (χ4n) is 1.98. The van der Waals surface area contributed by atoms with Crippen molar-refractivity contribution in [1.82, 2.24) is 9.80 Å². The van der Waals surface area contributed by atoms with Crippen LogP contribution in [-0.4, -0.2) is 51.9 Å². The second-order valence-electron chi connectivity index (χ2n) is 4.15. The first kappa shape index (κ1) is 13.5. The van der Waals surface area contributed by atoms with Crippen molar-refractivity contribution in [3.05, 3.63) is 0 Å². The van der Waals surface area contributed by atoms with E-state index in [1.165, 1.54) is 16.7 Å². The van der Waals surface area contributed by atoms with Gasteiger partial charge < -0.3 is 14.9 Å². The largest absolute Gasteiger partial charge is 0.480 e. The maximum absolute atomic E-state index is 11.5. The summed E-state index contributed by atoms with van der Waals surface area (Å²) in [6, 6.07) is -0.860. The molecule has 1 aliphatic rings. The first-order chi connectivity index (χ1) is 7.97. The Labute approximate surface area is 100 Å². The Bertz CT molecular complexity index is 329. The Morgan fingerprint density at radius 3 is 2.53 bits per heavy atom. The third-order valence-electron chi connectivity index (χ3n) is 2.95. The van der Waals surface area contributed by atoms with E-state index in [0.717, 1.165) is 6.42 Å². The first-order valence-electron chi connectivity index (χ1n) is 5.75. The molecular formula is C11H18N2O4. The van der Waals surface area contributed by atoms with E-state index in [9.17, 15) is 14.4 Å². The van der Waals surface area contributed by atoms with E-state index in [-0.39, 0.29) is 18.5 Å². The molecule has 1 unspecified atom stereocenters. The van der Waals surface area contributed by atoms with Gasteiger partial charge in [0.2, 0.25) is 11.8 Å². The predicted molar refractivity (Wildman–Crippen MR) is 60.0 cm³/mol. The quantitative estimate of drug-likeness (QED) is 0.751. The average Bonchev–Trinajstić information content (AvgIpc) is 2.63. The molecule has 1 heterocycles. The molecule has 0 spiro atoms. The molecule has 1 saturated heterocycles. The van der Waals surface area contributed by atoms with E-state index < -0.39 is 12.0 Å². The van der Waals surface area contributed by atoms with Gasteiger partial charge in [0.15, 0.2) is 0 Å². The number of hydrogen-bond donors (Lipinski definition) is 1. The monoisotopic (exact) mass is 242 g/mol. The molecule has 0 radical (unpaired) electrons. The number of carboxylic acid groups (broad SMARTS) is 1. The molecule has 1 fully saturated rings. The maximum atomic E-state index is 11.5. The molecule has 6 heteroatoms. The van der Waals surface area contributed by atoms with Crippen molar-refractivity contribution in [2.75, 3.05) is 13.2 Å². The van der Waals surface area contributed by atoms with Gasteiger partial charge in [-0.3, -0.25) is 9.59 Å². The third-order valence-corrected chi connectivity index (χ3v) is 2.95. The summed E-state index contributed by atoms with van der Waals surface area (Å²) >= 11 is 0. The molecule has 1 aliphatic heterocycles. The molecule has 0 aliphatic carbocycles. The molecule has 17 heavy (non-hydrogen) atoms. The highest BCUT2D eigenvalue weighted by atomic mass is 16.4. The van der Waals surface area contributed by atoms with Crippen LogP contribution in [0.4, 0.5) is 0 Å². The molecule has 0 bridgehead atoms. The van der Waals surface area contributed by atoms with Crippen LogP contribution in [0, 0.1) is 0 Å². The summed E-state index contributed by atoms with van der Waals surface area (Å²) in [5, 5.41) is 9.04. The fourth-order valence-corrected chi connectivity index (χ4v) is 1.98. The van der Waals surface area contributed by atoms with Gasteiger partial charge >= 0.3 is 5.97 Å². The zero-order chi connectivity index (χ0) is 13.0. The zero-order valence-electron chi connectivity index (χ0n) is 10.2. The van der Waals surface area contributed by atoms with Crippen molar-refractivity contribution in [3.63, 3.8) is 0 Å². The fraction of sp³-hybridized carbons (Fsp3) is 0.727. The van der Waals surface area contributed by atoms with Crippen molar-refractivity contribution in [3.8, 4) is 0 Å². The number of nitrogens with zero attached hydrogens (tertiary/aromatic N) is 2. The number of aliphatic carboxylic acids is 1. The minimum Gasteiger partial charge on any atom is -0.480 e. The maximum Gasteiger partial charge on any atom is 0.326 e. The van der Waals surface area contributed by atoms with Crippen LogP contribution < -0.4 is 0 Å². The van der Waals surface area contributed by atoms with Crippen LogP contribution in [0.25, 0.3) is 0 Å². The number of rotatable bonds is 5. The summed E-state index contributed by atoms with van der Waals surface area (Å²) < 4.78 is 0. The number of carbonyl (C=O) groups is 3. The van der Waals surface area contributed by atoms with Crippen LogP contribution in [0.15, 0.2) is 0 Å². The Balaban J connectivity index is 2.75. The summed E-state index contributed by atoms with van der Waals surface area (Å²) in [6.07, 6.45) is 1.58. The van der Waals surface area contributed by atoms with Crippen LogP contribution in [0.5, 0.6) is 0 Å². The van der Waals surface area contributed by atoms with Crippen LogP contribution in [-0.2, 0) is 14.4 Å². The Morgan fingerprint density at radius 2 is 2.18 bits per heavy atom. The van der Waals surface area contributed by atoms with Crippen molar-refractivity contribution in [2.45, 2.75) is 39.2 Å². The SMILES string of the molecule is CCC(C(=O)O)N(CN1CCCC1=O)C(C)=O. The summed E-state index contributed by atoms with van der Waals surface area (Å²) in [6.45, 7) is 3.71. The van der Waals surface area contributed by atoms with Crippen LogP contribution in [0.3, 0.4) is 0 Å². The van der Waals surface area contributed by atoms with E-state index in [1.807, 2.05) is 0 Å². The van der Waals surface area contributed by atoms with Crippen molar-refractivity contribution < 1.29 is 19.5 Å². The molecule has 1 atom stereocenters. The van der Waals surface area contributed by atoms with Crippen LogP contribution >= 0.6 is 0 Å². The number of carbonyl (C=O) groups excluding carboxylic acids is 2. The van der Waals surface area contributed by atoms with E-state index in [0.29, 0.717) is 19.4 Å². The summed E-state index contributed by atoms with van der Waals surface area (Å²) in [5.74, 6) is -1.37. The number of likely N-dealkylation sites (tertiary alicyclic amines) is 1. The van der Waals surface area contributed by atoms with Gasteiger partial charge in [-0.25, -0.2) is 4.79 Å². The number of carboxylic acids is 1.